The lowest BCUT2D eigenvalue weighted by atomic mass is 10.2. The van der Waals surface area contributed by atoms with E-state index >= 15 is 0 Å². The molecule has 0 aliphatic heterocycles. The van der Waals surface area contributed by atoms with Gasteiger partial charge in [0.25, 0.3) is 0 Å². The van der Waals surface area contributed by atoms with Gasteiger partial charge in [-0.2, -0.15) is 0 Å². The van der Waals surface area contributed by atoms with Gasteiger partial charge in [-0.15, -0.1) is 16.8 Å². The number of benzene rings is 2. The molecular formula is C20H15BrN4OS. The van der Waals surface area contributed by atoms with Gasteiger partial charge in [0.05, 0.1) is 11.3 Å². The number of Topliss-reactive ketones (excluding diaryl/α,β-unsaturated/α-hetero) is 1. The number of thioether (sulfide) groups is 1. The van der Waals surface area contributed by atoms with Crippen LogP contribution in [0.3, 0.4) is 0 Å². The number of carbonyl (C=O) groups excluding carboxylic acids is 1. The SMILES string of the molecule is C=CCn1c2ccccc2c2nnc(SCC(=O)c3ccc(Br)cc3)nc21. The van der Waals surface area contributed by atoms with Crippen LogP contribution in [0.5, 0.6) is 0 Å². The molecule has 0 saturated heterocycles. The predicted octanol–water partition coefficient (Wildman–Crippen LogP) is 4.90. The molecule has 4 aromatic rings. The van der Waals surface area contributed by atoms with E-state index in [1.807, 2.05) is 42.5 Å². The summed E-state index contributed by atoms with van der Waals surface area (Å²) in [5.74, 6) is 0.291. The molecule has 0 amide bonds. The van der Waals surface area contributed by atoms with Crippen molar-refractivity contribution in [2.75, 3.05) is 5.75 Å². The maximum atomic E-state index is 12.4. The van der Waals surface area contributed by atoms with Crippen LogP contribution in [-0.4, -0.2) is 31.3 Å². The number of hydrogen-bond donors (Lipinski definition) is 0. The maximum absolute atomic E-state index is 12.4. The quantitative estimate of drug-likeness (QED) is 0.243. The van der Waals surface area contributed by atoms with E-state index in [1.54, 1.807) is 12.1 Å². The van der Waals surface area contributed by atoms with E-state index < -0.39 is 0 Å². The summed E-state index contributed by atoms with van der Waals surface area (Å²) >= 11 is 4.67. The van der Waals surface area contributed by atoms with Crippen molar-refractivity contribution >= 4 is 55.5 Å². The van der Waals surface area contributed by atoms with Crippen LogP contribution in [0.25, 0.3) is 22.1 Å². The van der Waals surface area contributed by atoms with Crippen LogP contribution in [0.2, 0.25) is 0 Å². The minimum absolute atomic E-state index is 0.0304. The van der Waals surface area contributed by atoms with E-state index in [9.17, 15) is 4.79 Å². The van der Waals surface area contributed by atoms with E-state index in [0.717, 1.165) is 26.5 Å². The molecule has 2 aromatic carbocycles. The Morgan fingerprint density at radius 1 is 1.15 bits per heavy atom. The van der Waals surface area contributed by atoms with Crippen molar-refractivity contribution in [3.8, 4) is 0 Å². The summed E-state index contributed by atoms with van der Waals surface area (Å²) in [6.07, 6.45) is 1.83. The van der Waals surface area contributed by atoms with E-state index in [2.05, 4.69) is 42.3 Å². The maximum Gasteiger partial charge on any atom is 0.211 e. The van der Waals surface area contributed by atoms with Crippen molar-refractivity contribution in [3.05, 3.63) is 71.2 Å². The summed E-state index contributed by atoms with van der Waals surface area (Å²) in [5.41, 5.74) is 3.23. The number of nitrogens with zero attached hydrogens (tertiary/aromatic N) is 4. The average molecular weight is 439 g/mol. The summed E-state index contributed by atoms with van der Waals surface area (Å²) < 4.78 is 3.01. The standard InChI is InChI=1S/C20H15BrN4OS/c1-2-11-25-16-6-4-3-5-15(16)18-19(25)22-20(24-23-18)27-12-17(26)13-7-9-14(21)10-8-13/h2-10H,1,11-12H2. The summed E-state index contributed by atoms with van der Waals surface area (Å²) in [4.78, 5) is 17.0. The van der Waals surface area contributed by atoms with Gasteiger partial charge >= 0.3 is 0 Å². The Labute approximate surface area is 168 Å². The molecule has 0 N–H and O–H groups in total. The van der Waals surface area contributed by atoms with Gasteiger partial charge in [-0.3, -0.25) is 4.79 Å². The highest BCUT2D eigenvalue weighted by Gasteiger charge is 2.15. The Morgan fingerprint density at radius 2 is 1.93 bits per heavy atom. The number of aromatic nitrogens is 4. The lowest BCUT2D eigenvalue weighted by Gasteiger charge is -2.03. The zero-order valence-corrected chi connectivity index (χ0v) is 16.7. The molecule has 0 aliphatic rings. The third-order valence-corrected chi connectivity index (χ3v) is 5.53. The molecular weight excluding hydrogens is 424 g/mol. The van der Waals surface area contributed by atoms with Crippen molar-refractivity contribution in [1.29, 1.82) is 0 Å². The zero-order valence-electron chi connectivity index (χ0n) is 14.3. The van der Waals surface area contributed by atoms with Crippen molar-refractivity contribution in [1.82, 2.24) is 19.7 Å². The molecule has 7 heteroatoms. The Kier molecular flexibility index (Phi) is 5.05. The molecule has 0 aliphatic carbocycles. The number of allylic oxidation sites excluding steroid dienone is 1. The number of carbonyl (C=O) groups is 1. The van der Waals surface area contributed by atoms with E-state index in [1.165, 1.54) is 11.8 Å². The van der Waals surface area contributed by atoms with Gasteiger partial charge < -0.3 is 4.57 Å². The molecule has 0 radical (unpaired) electrons. The number of hydrogen-bond acceptors (Lipinski definition) is 5. The molecule has 0 bridgehead atoms. The van der Waals surface area contributed by atoms with Crippen molar-refractivity contribution in [2.45, 2.75) is 11.7 Å². The zero-order chi connectivity index (χ0) is 18.8. The van der Waals surface area contributed by atoms with Crippen molar-refractivity contribution in [3.63, 3.8) is 0 Å². The van der Waals surface area contributed by atoms with E-state index in [-0.39, 0.29) is 11.5 Å². The molecule has 27 heavy (non-hydrogen) atoms. The van der Waals surface area contributed by atoms with Gasteiger partial charge in [0.15, 0.2) is 11.4 Å². The predicted molar refractivity (Wildman–Crippen MR) is 112 cm³/mol. The lowest BCUT2D eigenvalue weighted by Crippen LogP contribution is -2.04. The summed E-state index contributed by atoms with van der Waals surface area (Å²) in [5, 5.41) is 10.1. The van der Waals surface area contributed by atoms with Gasteiger partial charge in [-0.25, -0.2) is 4.98 Å². The second-order valence-corrected chi connectivity index (χ2v) is 7.76. The van der Waals surface area contributed by atoms with Crippen LogP contribution in [-0.2, 0) is 6.54 Å². The van der Waals surface area contributed by atoms with Gasteiger partial charge in [0.1, 0.15) is 5.52 Å². The summed E-state index contributed by atoms with van der Waals surface area (Å²) in [6, 6.07) is 15.3. The fourth-order valence-corrected chi connectivity index (χ4v) is 3.85. The highest BCUT2D eigenvalue weighted by Crippen LogP contribution is 2.27. The highest BCUT2D eigenvalue weighted by molar-refractivity contribution is 9.10. The molecule has 0 atom stereocenters. The molecule has 4 rings (SSSR count). The Morgan fingerprint density at radius 3 is 2.70 bits per heavy atom. The highest BCUT2D eigenvalue weighted by atomic mass is 79.9. The number of fused-ring (bicyclic) bond motifs is 3. The van der Waals surface area contributed by atoms with Crippen LogP contribution in [0.4, 0.5) is 0 Å². The first-order chi connectivity index (χ1) is 13.2. The molecule has 134 valence electrons. The van der Waals surface area contributed by atoms with Crippen LogP contribution >= 0.6 is 27.7 Å². The van der Waals surface area contributed by atoms with Crippen LogP contribution in [0.1, 0.15) is 10.4 Å². The van der Waals surface area contributed by atoms with E-state index in [4.69, 9.17) is 0 Å². The first kappa shape index (κ1) is 17.9. The van der Waals surface area contributed by atoms with Gasteiger partial charge in [0.2, 0.25) is 5.16 Å². The fraction of sp³-hybridized carbons (Fsp3) is 0.100. The van der Waals surface area contributed by atoms with Gasteiger partial charge in [0, 0.05) is 22.0 Å². The number of ketones is 1. The Bertz CT molecular complexity index is 1150. The smallest absolute Gasteiger partial charge is 0.211 e. The molecule has 0 spiro atoms. The second-order valence-electron chi connectivity index (χ2n) is 5.90. The molecule has 2 heterocycles. The number of halogens is 1. The fourth-order valence-electron chi connectivity index (χ4n) is 2.91. The Balaban J connectivity index is 1.64. The first-order valence-corrected chi connectivity index (χ1v) is 10.1. The molecule has 5 nitrogen and oxygen atoms in total. The molecule has 0 fully saturated rings. The Hall–Kier alpha value is -2.51. The van der Waals surface area contributed by atoms with Crippen molar-refractivity contribution in [2.24, 2.45) is 0 Å². The summed E-state index contributed by atoms with van der Waals surface area (Å²) in [7, 11) is 0. The lowest BCUT2D eigenvalue weighted by molar-refractivity contribution is 0.102. The van der Waals surface area contributed by atoms with Gasteiger partial charge in [-0.1, -0.05) is 64.1 Å². The molecule has 0 saturated carbocycles. The third-order valence-electron chi connectivity index (χ3n) is 4.16. The van der Waals surface area contributed by atoms with E-state index in [0.29, 0.717) is 17.3 Å². The van der Waals surface area contributed by atoms with Gasteiger partial charge in [-0.05, 0) is 18.2 Å². The largest absolute Gasteiger partial charge is 0.320 e. The monoisotopic (exact) mass is 438 g/mol. The van der Waals surface area contributed by atoms with Crippen LogP contribution in [0, 0.1) is 0 Å². The molecule has 2 aromatic heterocycles. The minimum atomic E-state index is 0.0304. The van der Waals surface area contributed by atoms with Crippen molar-refractivity contribution < 1.29 is 4.79 Å². The normalized spacial score (nSPS) is 11.1. The minimum Gasteiger partial charge on any atom is -0.320 e. The third kappa shape index (κ3) is 3.52. The topological polar surface area (TPSA) is 60.7 Å². The number of rotatable bonds is 6. The van der Waals surface area contributed by atoms with Crippen LogP contribution < -0.4 is 0 Å². The van der Waals surface area contributed by atoms with Crippen LogP contribution in [0.15, 0.2) is 70.8 Å². The number of para-hydroxylation sites is 1. The first-order valence-electron chi connectivity index (χ1n) is 8.31. The average Bonchev–Trinajstić information content (AvgIpc) is 3.00. The molecule has 0 unspecified atom stereocenters. The summed E-state index contributed by atoms with van der Waals surface area (Å²) in [6.45, 7) is 4.46. The second kappa shape index (κ2) is 7.62.